The van der Waals surface area contributed by atoms with Crippen molar-refractivity contribution in [2.45, 2.75) is 69.1 Å². The molecule has 2 aromatic rings. The number of carboxylic acids is 1. The topological polar surface area (TPSA) is 114 Å². The van der Waals surface area contributed by atoms with Crippen molar-refractivity contribution in [3.63, 3.8) is 0 Å². The number of carbonyl (C=O) groups is 2. The first kappa shape index (κ1) is 33.3. The molecule has 3 fully saturated rings. The maximum Gasteiger partial charge on any atom is 0.434 e. The predicted octanol–water partition coefficient (Wildman–Crippen LogP) is 6.28. The number of halogens is 6. The molecule has 3 heterocycles. The fraction of sp³-hybridized carbons (Fsp3) is 0.625. The summed E-state index contributed by atoms with van der Waals surface area (Å²) >= 11 is 0. The molecule has 2 aliphatic carbocycles. The van der Waals surface area contributed by atoms with Gasteiger partial charge in [0.15, 0.2) is 12.3 Å². The molecule has 4 aliphatic rings. The summed E-state index contributed by atoms with van der Waals surface area (Å²) in [6, 6.07) is 4.31. The number of carboxylic acid groups (broad SMARTS) is 1. The molecule has 1 aromatic carbocycles. The van der Waals surface area contributed by atoms with E-state index in [4.69, 9.17) is 14.6 Å². The quantitative estimate of drug-likeness (QED) is 0.316. The Labute approximate surface area is 267 Å². The number of hydrogen-bond acceptors (Lipinski definition) is 7. The summed E-state index contributed by atoms with van der Waals surface area (Å²) in [4.78, 5) is 33.9. The number of ether oxygens (including phenoxy) is 2. The molecule has 2 N–H and O–H groups in total. The van der Waals surface area contributed by atoms with Gasteiger partial charge in [-0.05, 0) is 92.4 Å². The summed E-state index contributed by atoms with van der Waals surface area (Å²) in [7, 11) is 0. The molecule has 2 bridgehead atoms. The molecule has 9 nitrogen and oxygen atoms in total. The largest absolute Gasteiger partial charge is 0.484 e. The van der Waals surface area contributed by atoms with Gasteiger partial charge >= 0.3 is 18.3 Å². The second-order valence-corrected chi connectivity index (χ2v) is 13.4. The third-order valence-corrected chi connectivity index (χ3v) is 10.0. The molecule has 1 saturated heterocycles. The number of hydrogen-bond donors (Lipinski definition) is 2. The highest BCUT2D eigenvalue weighted by Gasteiger charge is 2.47. The van der Waals surface area contributed by atoms with Crippen molar-refractivity contribution in [3.8, 4) is 5.75 Å². The first-order chi connectivity index (χ1) is 22.2. The number of aromatic nitrogens is 2. The summed E-state index contributed by atoms with van der Waals surface area (Å²) in [6.07, 6.45) is -3.38. The lowest BCUT2D eigenvalue weighted by atomic mass is 9.64. The molecular weight excluding hydrogens is 634 g/mol. The smallest absolute Gasteiger partial charge is 0.434 e. The van der Waals surface area contributed by atoms with Crippen molar-refractivity contribution in [2.75, 3.05) is 37.8 Å². The van der Waals surface area contributed by atoms with Gasteiger partial charge < -0.3 is 24.8 Å². The van der Waals surface area contributed by atoms with E-state index in [-0.39, 0.29) is 43.0 Å². The molecule has 1 amide bonds. The standard InChI is InChI=1S/C32H36F6N4O5/c33-31(34,35)17-47-22-1-2-25-24(13-22)30(3-5-46-6-4-30)16-42(25)29-40-15-23(27(41-29)32(36,37)38)28(45)39-14-21-10-18-7-19(11-21)9-20(8-18)12-26(43)44/h1-2,13,15,18-21H,3-12,14,16-17H2,(H,39,45)(H,43,44). The summed E-state index contributed by atoms with van der Waals surface area (Å²) in [6.45, 7) is -0.394. The third kappa shape index (κ3) is 7.44. The van der Waals surface area contributed by atoms with Gasteiger partial charge in [0.05, 0.1) is 5.56 Å². The summed E-state index contributed by atoms with van der Waals surface area (Å²) in [5.41, 5.74) is -1.64. The van der Waals surface area contributed by atoms with E-state index >= 15 is 0 Å². The van der Waals surface area contributed by atoms with Gasteiger partial charge in [-0.1, -0.05) is 0 Å². The second kappa shape index (κ2) is 12.8. The van der Waals surface area contributed by atoms with Crippen molar-refractivity contribution < 1.29 is 50.5 Å². The van der Waals surface area contributed by atoms with E-state index in [1.807, 2.05) is 0 Å². The number of fused-ring (bicyclic) bond motifs is 4. The lowest BCUT2D eigenvalue weighted by Gasteiger charge is -2.42. The normalized spacial score (nSPS) is 25.4. The number of anilines is 2. The number of alkyl halides is 6. The Morgan fingerprint density at radius 3 is 2.34 bits per heavy atom. The predicted molar refractivity (Wildman–Crippen MR) is 155 cm³/mol. The van der Waals surface area contributed by atoms with Gasteiger partial charge in [-0.3, -0.25) is 9.59 Å². The van der Waals surface area contributed by atoms with Crippen molar-refractivity contribution >= 4 is 23.5 Å². The van der Waals surface area contributed by atoms with E-state index in [9.17, 15) is 35.9 Å². The van der Waals surface area contributed by atoms with Crippen LogP contribution in [-0.2, 0) is 21.1 Å². The third-order valence-electron chi connectivity index (χ3n) is 10.0. The highest BCUT2D eigenvalue weighted by molar-refractivity contribution is 5.95. The van der Waals surface area contributed by atoms with Crippen molar-refractivity contribution in [1.82, 2.24) is 15.3 Å². The number of aliphatic carboxylic acids is 1. The van der Waals surface area contributed by atoms with Gasteiger partial charge in [-0.15, -0.1) is 0 Å². The lowest BCUT2D eigenvalue weighted by molar-refractivity contribution is -0.153. The summed E-state index contributed by atoms with van der Waals surface area (Å²) < 4.78 is 92.0. The Balaban J connectivity index is 1.20. The molecule has 0 radical (unpaired) electrons. The zero-order chi connectivity index (χ0) is 33.6. The average molecular weight is 671 g/mol. The van der Waals surface area contributed by atoms with Crippen LogP contribution in [0.25, 0.3) is 0 Å². The van der Waals surface area contributed by atoms with E-state index < -0.39 is 47.5 Å². The van der Waals surface area contributed by atoms with Crippen LogP contribution in [-0.4, -0.2) is 66.0 Å². The Kier molecular flexibility index (Phi) is 9.05. The van der Waals surface area contributed by atoms with E-state index in [0.29, 0.717) is 49.1 Å². The molecule has 2 saturated carbocycles. The van der Waals surface area contributed by atoms with Crippen LogP contribution in [0.4, 0.5) is 38.0 Å². The van der Waals surface area contributed by atoms with Crippen LogP contribution in [0.2, 0.25) is 0 Å². The van der Waals surface area contributed by atoms with Gasteiger partial charge in [0.1, 0.15) is 5.75 Å². The van der Waals surface area contributed by atoms with E-state index in [1.54, 1.807) is 0 Å². The number of nitrogens with zero attached hydrogens (tertiary/aromatic N) is 3. The Morgan fingerprint density at radius 1 is 1.02 bits per heavy atom. The van der Waals surface area contributed by atoms with Crippen LogP contribution in [0.3, 0.4) is 0 Å². The highest BCUT2D eigenvalue weighted by atomic mass is 19.4. The fourth-order valence-corrected chi connectivity index (χ4v) is 8.20. The minimum atomic E-state index is -4.97. The molecule has 1 aromatic heterocycles. The monoisotopic (exact) mass is 670 g/mol. The Morgan fingerprint density at radius 2 is 1.70 bits per heavy atom. The van der Waals surface area contributed by atoms with Gasteiger partial charge in [0.25, 0.3) is 5.91 Å². The molecule has 1 spiro atoms. The molecule has 15 heteroatoms. The molecule has 2 aliphatic heterocycles. The SMILES string of the molecule is O=C(O)CC1CC2CC(CNC(=O)c3cnc(N4CC5(CCOCC5)c5cc(OCC(F)(F)F)ccc54)nc3C(F)(F)F)CC(C1)C2. The maximum atomic E-state index is 14.4. The van der Waals surface area contributed by atoms with Crippen molar-refractivity contribution in [3.05, 3.63) is 41.2 Å². The first-order valence-corrected chi connectivity index (χ1v) is 15.8. The first-order valence-electron chi connectivity index (χ1n) is 15.8. The number of rotatable bonds is 8. The zero-order valence-electron chi connectivity index (χ0n) is 25.5. The van der Waals surface area contributed by atoms with Crippen LogP contribution >= 0.6 is 0 Å². The maximum absolute atomic E-state index is 14.4. The van der Waals surface area contributed by atoms with Crippen LogP contribution in [0.15, 0.2) is 24.4 Å². The Bertz CT molecular complexity index is 1480. The lowest BCUT2D eigenvalue weighted by Crippen LogP contribution is -2.38. The van der Waals surface area contributed by atoms with Gasteiger partial charge in [0.2, 0.25) is 5.95 Å². The second-order valence-electron chi connectivity index (χ2n) is 13.4. The van der Waals surface area contributed by atoms with Gasteiger partial charge in [-0.2, -0.15) is 26.3 Å². The van der Waals surface area contributed by atoms with Crippen LogP contribution < -0.4 is 15.0 Å². The van der Waals surface area contributed by atoms with E-state index in [1.165, 1.54) is 23.1 Å². The van der Waals surface area contributed by atoms with Crippen LogP contribution in [0, 0.1) is 23.7 Å². The molecular formula is C32H36F6N4O5. The minimum absolute atomic E-state index is 0.0145. The fourth-order valence-electron chi connectivity index (χ4n) is 8.20. The van der Waals surface area contributed by atoms with E-state index in [2.05, 4.69) is 15.3 Å². The van der Waals surface area contributed by atoms with Crippen LogP contribution in [0.1, 0.15) is 73.0 Å². The van der Waals surface area contributed by atoms with Crippen LogP contribution in [0.5, 0.6) is 5.75 Å². The number of benzene rings is 1. The number of carbonyl (C=O) groups excluding carboxylic acids is 1. The number of nitrogens with one attached hydrogen (secondary N) is 1. The molecule has 256 valence electrons. The molecule has 2 unspecified atom stereocenters. The molecule has 47 heavy (non-hydrogen) atoms. The minimum Gasteiger partial charge on any atom is -0.484 e. The zero-order valence-corrected chi connectivity index (χ0v) is 25.5. The summed E-state index contributed by atoms with van der Waals surface area (Å²) in [5, 5.41) is 11.8. The van der Waals surface area contributed by atoms with Crippen molar-refractivity contribution in [1.29, 1.82) is 0 Å². The Hall–Kier alpha value is -3.62. The number of amides is 1. The van der Waals surface area contributed by atoms with Crippen molar-refractivity contribution in [2.24, 2.45) is 23.7 Å². The summed E-state index contributed by atoms with van der Waals surface area (Å²) in [5.74, 6) is -1.17. The highest BCUT2D eigenvalue weighted by Crippen LogP contribution is 2.50. The van der Waals surface area contributed by atoms with Gasteiger partial charge in [-0.25, -0.2) is 9.97 Å². The molecule has 6 rings (SSSR count). The average Bonchev–Trinajstić information content (AvgIpc) is 3.30. The van der Waals surface area contributed by atoms with Gasteiger partial charge in [0, 0.05) is 50.0 Å². The molecule has 2 atom stereocenters. The van der Waals surface area contributed by atoms with E-state index in [0.717, 1.165) is 38.3 Å².